The summed E-state index contributed by atoms with van der Waals surface area (Å²) >= 11 is 0. The molecule has 0 saturated heterocycles. The van der Waals surface area contributed by atoms with E-state index in [0.717, 1.165) is 12.1 Å². The van der Waals surface area contributed by atoms with Crippen molar-refractivity contribution in [2.24, 2.45) is 5.14 Å². The standard InChI is InChI=1S/C20H15F4NO2S/c1-12-2-3-14(10-19(12)21)18-11-15(20(22,23)24)6-9-17(18)13-4-7-16(8-5-13)28(25,26)27/h2-11H,1H3,(H2,25,26,27). The molecule has 3 nitrogen and oxygen atoms in total. The Kier molecular flexibility index (Phi) is 5.03. The van der Waals surface area contributed by atoms with E-state index in [1.807, 2.05) is 0 Å². The molecule has 3 rings (SSSR count). The second-order valence-electron chi connectivity index (χ2n) is 6.29. The van der Waals surface area contributed by atoms with Crippen LogP contribution in [0.25, 0.3) is 22.3 Å². The summed E-state index contributed by atoms with van der Waals surface area (Å²) in [7, 11) is -3.90. The number of primary sulfonamides is 1. The van der Waals surface area contributed by atoms with E-state index < -0.39 is 27.6 Å². The van der Waals surface area contributed by atoms with Gasteiger partial charge in [-0.25, -0.2) is 17.9 Å². The van der Waals surface area contributed by atoms with E-state index in [2.05, 4.69) is 0 Å². The topological polar surface area (TPSA) is 60.2 Å². The summed E-state index contributed by atoms with van der Waals surface area (Å²) in [6.07, 6.45) is -4.56. The van der Waals surface area contributed by atoms with Crippen LogP contribution < -0.4 is 5.14 Å². The van der Waals surface area contributed by atoms with Crippen LogP contribution in [0.4, 0.5) is 17.6 Å². The van der Waals surface area contributed by atoms with Gasteiger partial charge in [0.05, 0.1) is 10.5 Å². The number of hydrogen-bond donors (Lipinski definition) is 1. The predicted octanol–water partition coefficient (Wildman–Crippen LogP) is 5.13. The number of aryl methyl sites for hydroxylation is 1. The molecule has 0 heterocycles. The zero-order chi connectivity index (χ0) is 20.7. The van der Waals surface area contributed by atoms with Crippen molar-refractivity contribution in [2.45, 2.75) is 18.0 Å². The predicted molar refractivity (Wildman–Crippen MR) is 98.4 cm³/mol. The minimum absolute atomic E-state index is 0.119. The lowest BCUT2D eigenvalue weighted by molar-refractivity contribution is -0.137. The van der Waals surface area contributed by atoms with Gasteiger partial charge in [0.15, 0.2) is 0 Å². The van der Waals surface area contributed by atoms with Crippen molar-refractivity contribution < 1.29 is 26.0 Å². The first-order valence-electron chi connectivity index (χ1n) is 8.08. The van der Waals surface area contributed by atoms with Crippen LogP contribution in [0.1, 0.15) is 11.1 Å². The molecule has 0 fully saturated rings. The third-order valence-corrected chi connectivity index (χ3v) is 5.25. The maximum absolute atomic E-state index is 14.0. The molecule has 0 amide bonds. The molecule has 2 N–H and O–H groups in total. The maximum Gasteiger partial charge on any atom is 0.416 e. The summed E-state index contributed by atoms with van der Waals surface area (Å²) in [6, 6.07) is 12.8. The van der Waals surface area contributed by atoms with Gasteiger partial charge in [-0.1, -0.05) is 30.3 Å². The van der Waals surface area contributed by atoms with Crippen molar-refractivity contribution >= 4 is 10.0 Å². The van der Waals surface area contributed by atoms with Crippen molar-refractivity contribution in [2.75, 3.05) is 0 Å². The molecule has 0 aromatic heterocycles. The van der Waals surface area contributed by atoms with E-state index in [1.165, 1.54) is 48.5 Å². The monoisotopic (exact) mass is 409 g/mol. The van der Waals surface area contributed by atoms with Gasteiger partial charge in [-0.15, -0.1) is 0 Å². The third kappa shape index (κ3) is 4.07. The van der Waals surface area contributed by atoms with Gasteiger partial charge in [0, 0.05) is 0 Å². The normalized spacial score (nSPS) is 12.2. The Labute approximate surface area is 159 Å². The maximum atomic E-state index is 14.0. The van der Waals surface area contributed by atoms with Gasteiger partial charge < -0.3 is 0 Å². The summed E-state index contributed by atoms with van der Waals surface area (Å²) in [6.45, 7) is 1.55. The average molecular weight is 409 g/mol. The molecule has 0 aliphatic carbocycles. The Balaban J connectivity index is 2.21. The molecule has 0 unspecified atom stereocenters. The first kappa shape index (κ1) is 20.0. The fourth-order valence-corrected chi connectivity index (χ4v) is 3.31. The number of halogens is 4. The number of alkyl halides is 3. The minimum atomic E-state index is -4.56. The van der Waals surface area contributed by atoms with Gasteiger partial charge in [-0.3, -0.25) is 0 Å². The van der Waals surface area contributed by atoms with Crippen LogP contribution in [0.3, 0.4) is 0 Å². The third-order valence-electron chi connectivity index (χ3n) is 4.32. The molecular weight excluding hydrogens is 394 g/mol. The number of rotatable bonds is 3. The molecule has 0 aliphatic heterocycles. The minimum Gasteiger partial charge on any atom is -0.225 e. The van der Waals surface area contributed by atoms with E-state index in [0.29, 0.717) is 16.7 Å². The Morgan fingerprint density at radius 2 is 1.43 bits per heavy atom. The van der Waals surface area contributed by atoms with Crippen LogP contribution in [0, 0.1) is 12.7 Å². The van der Waals surface area contributed by atoms with Crippen molar-refractivity contribution in [1.29, 1.82) is 0 Å². The van der Waals surface area contributed by atoms with Crippen LogP contribution in [0.5, 0.6) is 0 Å². The molecular formula is C20H15F4NO2S. The van der Waals surface area contributed by atoms with Gasteiger partial charge >= 0.3 is 6.18 Å². The second kappa shape index (κ2) is 7.03. The molecule has 3 aromatic rings. The second-order valence-corrected chi connectivity index (χ2v) is 7.85. The highest BCUT2D eigenvalue weighted by molar-refractivity contribution is 7.89. The summed E-state index contributed by atoms with van der Waals surface area (Å²) < 4.78 is 76.4. The van der Waals surface area contributed by atoms with Crippen LogP contribution in [0.2, 0.25) is 0 Å². The van der Waals surface area contributed by atoms with Crippen LogP contribution in [-0.2, 0) is 16.2 Å². The molecule has 3 aromatic carbocycles. The highest BCUT2D eigenvalue weighted by Gasteiger charge is 2.31. The van der Waals surface area contributed by atoms with E-state index in [9.17, 15) is 26.0 Å². The number of sulfonamides is 1. The zero-order valence-electron chi connectivity index (χ0n) is 14.6. The summed E-state index contributed by atoms with van der Waals surface area (Å²) in [5, 5.41) is 5.07. The molecule has 0 spiro atoms. The lowest BCUT2D eigenvalue weighted by Crippen LogP contribution is -2.11. The molecule has 0 atom stereocenters. The quantitative estimate of drug-likeness (QED) is 0.610. The van der Waals surface area contributed by atoms with Gasteiger partial charge in [0.2, 0.25) is 10.0 Å². The van der Waals surface area contributed by atoms with Crippen molar-refractivity contribution in [1.82, 2.24) is 0 Å². The van der Waals surface area contributed by atoms with E-state index in [-0.39, 0.29) is 16.0 Å². The molecule has 0 bridgehead atoms. The first-order chi connectivity index (χ1) is 13.0. The molecule has 146 valence electrons. The van der Waals surface area contributed by atoms with E-state index in [1.54, 1.807) is 6.92 Å². The summed E-state index contributed by atoms with van der Waals surface area (Å²) in [4.78, 5) is -0.119. The van der Waals surface area contributed by atoms with Crippen LogP contribution >= 0.6 is 0 Å². The number of nitrogens with two attached hydrogens (primary N) is 1. The SMILES string of the molecule is Cc1ccc(-c2cc(C(F)(F)F)ccc2-c2ccc(S(N)(=O)=O)cc2)cc1F. The van der Waals surface area contributed by atoms with Crippen molar-refractivity contribution in [3.05, 3.63) is 77.6 Å². The summed E-state index contributed by atoms with van der Waals surface area (Å²) in [5.74, 6) is -0.537. The van der Waals surface area contributed by atoms with Crippen molar-refractivity contribution in [3.63, 3.8) is 0 Å². The molecule has 0 radical (unpaired) electrons. The van der Waals surface area contributed by atoms with Gasteiger partial charge in [0.1, 0.15) is 5.82 Å². The van der Waals surface area contributed by atoms with Gasteiger partial charge in [0.25, 0.3) is 0 Å². The van der Waals surface area contributed by atoms with Gasteiger partial charge in [-0.05, 0) is 65.1 Å². The average Bonchev–Trinajstić information content (AvgIpc) is 2.62. The van der Waals surface area contributed by atoms with Gasteiger partial charge in [-0.2, -0.15) is 13.2 Å². The molecule has 0 aliphatic rings. The number of benzene rings is 3. The smallest absolute Gasteiger partial charge is 0.225 e. The molecule has 0 saturated carbocycles. The van der Waals surface area contributed by atoms with E-state index >= 15 is 0 Å². The lowest BCUT2D eigenvalue weighted by atomic mass is 9.92. The molecule has 28 heavy (non-hydrogen) atoms. The Bertz CT molecular complexity index is 1140. The summed E-state index contributed by atoms with van der Waals surface area (Å²) in [5.41, 5.74) is 0.828. The van der Waals surface area contributed by atoms with Crippen LogP contribution in [-0.4, -0.2) is 8.42 Å². The lowest BCUT2D eigenvalue weighted by Gasteiger charge is -2.15. The Hall–Kier alpha value is -2.71. The fraction of sp³-hybridized carbons (Fsp3) is 0.100. The Morgan fingerprint density at radius 1 is 0.821 bits per heavy atom. The highest BCUT2D eigenvalue weighted by atomic mass is 32.2. The number of hydrogen-bond acceptors (Lipinski definition) is 2. The molecule has 8 heteroatoms. The van der Waals surface area contributed by atoms with E-state index in [4.69, 9.17) is 5.14 Å². The largest absolute Gasteiger partial charge is 0.416 e. The van der Waals surface area contributed by atoms with Crippen LogP contribution in [0.15, 0.2) is 65.6 Å². The fourth-order valence-electron chi connectivity index (χ4n) is 2.80. The zero-order valence-corrected chi connectivity index (χ0v) is 15.4. The highest BCUT2D eigenvalue weighted by Crippen LogP contribution is 2.38. The Morgan fingerprint density at radius 3 is 1.96 bits per heavy atom. The van der Waals surface area contributed by atoms with Crippen molar-refractivity contribution in [3.8, 4) is 22.3 Å². The first-order valence-corrected chi connectivity index (χ1v) is 9.62.